The average molecular weight is 292 g/mol. The Morgan fingerprint density at radius 1 is 1.40 bits per heavy atom. The summed E-state index contributed by atoms with van der Waals surface area (Å²) in [6.45, 7) is 1.92. The molecule has 1 heterocycles. The summed E-state index contributed by atoms with van der Waals surface area (Å²) in [4.78, 5) is 16.0. The SMILES string of the molecule is COc1ccc(C)cc1NC(=O)c1cc(N)ncc1Cl. The smallest absolute Gasteiger partial charge is 0.257 e. The predicted octanol–water partition coefficient (Wildman–Crippen LogP) is 2.89. The number of halogens is 1. The first kappa shape index (κ1) is 14.1. The van der Waals surface area contributed by atoms with Gasteiger partial charge in [-0.05, 0) is 30.7 Å². The minimum Gasteiger partial charge on any atom is -0.495 e. The zero-order chi connectivity index (χ0) is 14.7. The number of carbonyl (C=O) groups excluding carboxylic acids is 1. The Balaban J connectivity index is 2.32. The van der Waals surface area contributed by atoms with Crippen LogP contribution < -0.4 is 15.8 Å². The normalized spacial score (nSPS) is 10.2. The zero-order valence-corrected chi connectivity index (χ0v) is 11.9. The molecule has 0 saturated heterocycles. The Morgan fingerprint density at radius 3 is 2.85 bits per heavy atom. The van der Waals surface area contributed by atoms with Crippen LogP contribution in [0.4, 0.5) is 11.5 Å². The maximum atomic E-state index is 12.2. The number of nitrogens with zero attached hydrogens (tertiary/aromatic N) is 1. The van der Waals surface area contributed by atoms with E-state index in [1.165, 1.54) is 19.4 Å². The summed E-state index contributed by atoms with van der Waals surface area (Å²) < 4.78 is 5.21. The minimum absolute atomic E-state index is 0.232. The molecule has 0 saturated carbocycles. The van der Waals surface area contributed by atoms with E-state index in [9.17, 15) is 4.79 Å². The first-order valence-electron chi connectivity index (χ1n) is 5.88. The molecule has 0 aliphatic rings. The lowest BCUT2D eigenvalue weighted by molar-refractivity contribution is 0.102. The largest absolute Gasteiger partial charge is 0.495 e. The molecule has 0 aliphatic heterocycles. The zero-order valence-electron chi connectivity index (χ0n) is 11.1. The number of anilines is 2. The molecule has 0 radical (unpaired) electrons. The van der Waals surface area contributed by atoms with Crippen molar-refractivity contribution in [1.82, 2.24) is 4.98 Å². The molecule has 0 spiro atoms. The maximum absolute atomic E-state index is 12.2. The highest BCUT2D eigenvalue weighted by Gasteiger charge is 2.14. The number of nitrogen functional groups attached to an aromatic ring is 1. The van der Waals surface area contributed by atoms with Crippen molar-refractivity contribution >= 4 is 29.0 Å². The van der Waals surface area contributed by atoms with Crippen LogP contribution in [0.2, 0.25) is 5.02 Å². The second-order valence-corrected chi connectivity index (χ2v) is 4.65. The van der Waals surface area contributed by atoms with Crippen LogP contribution in [0.3, 0.4) is 0 Å². The minimum atomic E-state index is -0.368. The van der Waals surface area contributed by atoms with Crippen molar-refractivity contribution in [2.75, 3.05) is 18.2 Å². The molecule has 0 bridgehead atoms. The number of pyridine rings is 1. The monoisotopic (exact) mass is 291 g/mol. The van der Waals surface area contributed by atoms with Crippen LogP contribution in [0.1, 0.15) is 15.9 Å². The molecule has 20 heavy (non-hydrogen) atoms. The lowest BCUT2D eigenvalue weighted by atomic mass is 10.2. The fourth-order valence-electron chi connectivity index (χ4n) is 1.74. The highest BCUT2D eigenvalue weighted by molar-refractivity contribution is 6.34. The van der Waals surface area contributed by atoms with Gasteiger partial charge in [0.1, 0.15) is 11.6 Å². The quantitative estimate of drug-likeness (QED) is 0.911. The number of aromatic nitrogens is 1. The van der Waals surface area contributed by atoms with Crippen LogP contribution in [0.5, 0.6) is 5.75 Å². The van der Waals surface area contributed by atoms with Gasteiger partial charge in [0, 0.05) is 6.20 Å². The molecule has 3 N–H and O–H groups in total. The van der Waals surface area contributed by atoms with Crippen LogP contribution in [-0.2, 0) is 0 Å². The van der Waals surface area contributed by atoms with Gasteiger partial charge < -0.3 is 15.8 Å². The van der Waals surface area contributed by atoms with Gasteiger partial charge in [-0.1, -0.05) is 17.7 Å². The van der Waals surface area contributed by atoms with E-state index in [2.05, 4.69) is 10.3 Å². The molecule has 0 fully saturated rings. The van der Waals surface area contributed by atoms with E-state index >= 15 is 0 Å². The van der Waals surface area contributed by atoms with Crippen LogP contribution in [0, 0.1) is 6.92 Å². The fraction of sp³-hybridized carbons (Fsp3) is 0.143. The molecular weight excluding hydrogens is 278 g/mol. The van der Waals surface area contributed by atoms with E-state index in [4.69, 9.17) is 22.1 Å². The van der Waals surface area contributed by atoms with E-state index in [0.717, 1.165) is 5.56 Å². The maximum Gasteiger partial charge on any atom is 0.257 e. The van der Waals surface area contributed by atoms with Gasteiger partial charge >= 0.3 is 0 Å². The van der Waals surface area contributed by atoms with E-state index in [1.807, 2.05) is 19.1 Å². The number of rotatable bonds is 3. The summed E-state index contributed by atoms with van der Waals surface area (Å²) in [7, 11) is 1.54. The summed E-state index contributed by atoms with van der Waals surface area (Å²) >= 11 is 5.95. The third-order valence-electron chi connectivity index (χ3n) is 2.72. The summed E-state index contributed by atoms with van der Waals surface area (Å²) in [6, 6.07) is 6.93. The van der Waals surface area contributed by atoms with Crippen LogP contribution in [0.25, 0.3) is 0 Å². The van der Waals surface area contributed by atoms with E-state index in [0.29, 0.717) is 11.4 Å². The van der Waals surface area contributed by atoms with Gasteiger partial charge in [-0.2, -0.15) is 0 Å². The molecule has 1 amide bonds. The van der Waals surface area contributed by atoms with Gasteiger partial charge in [0.2, 0.25) is 0 Å². The number of aryl methyl sites for hydroxylation is 1. The number of ether oxygens (including phenoxy) is 1. The Bertz CT molecular complexity index is 659. The third kappa shape index (κ3) is 3.00. The molecule has 0 unspecified atom stereocenters. The molecule has 2 rings (SSSR count). The van der Waals surface area contributed by atoms with E-state index < -0.39 is 0 Å². The number of hydrogen-bond donors (Lipinski definition) is 2. The Hall–Kier alpha value is -2.27. The highest BCUT2D eigenvalue weighted by Crippen LogP contribution is 2.26. The van der Waals surface area contributed by atoms with Crippen molar-refractivity contribution in [3.63, 3.8) is 0 Å². The standard InChI is InChI=1S/C14H14ClN3O2/c1-8-3-4-12(20-2)11(5-8)18-14(19)9-6-13(16)17-7-10(9)15/h3-7H,1-2H3,(H2,16,17)(H,18,19). The lowest BCUT2D eigenvalue weighted by Gasteiger charge is -2.11. The Labute approximate surface area is 121 Å². The van der Waals surface area contributed by atoms with Gasteiger partial charge in [0.15, 0.2) is 0 Å². The van der Waals surface area contributed by atoms with Gasteiger partial charge in [0.25, 0.3) is 5.91 Å². The van der Waals surface area contributed by atoms with Crippen molar-refractivity contribution < 1.29 is 9.53 Å². The van der Waals surface area contributed by atoms with Crippen molar-refractivity contribution in [1.29, 1.82) is 0 Å². The van der Waals surface area contributed by atoms with Crippen molar-refractivity contribution in [3.8, 4) is 5.75 Å². The van der Waals surface area contributed by atoms with Gasteiger partial charge in [-0.25, -0.2) is 4.98 Å². The summed E-state index contributed by atoms with van der Waals surface area (Å²) in [5.41, 5.74) is 7.41. The first-order valence-corrected chi connectivity index (χ1v) is 6.26. The highest BCUT2D eigenvalue weighted by atomic mass is 35.5. The fourth-order valence-corrected chi connectivity index (χ4v) is 1.93. The molecule has 2 aromatic rings. The molecule has 5 nitrogen and oxygen atoms in total. The molecule has 104 valence electrons. The number of carbonyl (C=O) groups is 1. The lowest BCUT2D eigenvalue weighted by Crippen LogP contribution is -2.14. The molecule has 1 aromatic carbocycles. The van der Waals surface area contributed by atoms with Crippen LogP contribution in [0.15, 0.2) is 30.5 Å². The molecule has 6 heteroatoms. The summed E-state index contributed by atoms with van der Waals surface area (Å²) in [6.07, 6.45) is 1.35. The predicted molar refractivity (Wildman–Crippen MR) is 79.3 cm³/mol. The van der Waals surface area contributed by atoms with Crippen LogP contribution >= 0.6 is 11.6 Å². The first-order chi connectivity index (χ1) is 9.51. The third-order valence-corrected chi connectivity index (χ3v) is 3.03. The van der Waals surface area contributed by atoms with Crippen molar-refractivity contribution in [2.45, 2.75) is 6.92 Å². The number of nitrogens with two attached hydrogens (primary N) is 1. The van der Waals surface area contributed by atoms with Crippen molar-refractivity contribution in [2.24, 2.45) is 0 Å². The van der Waals surface area contributed by atoms with Crippen molar-refractivity contribution in [3.05, 3.63) is 46.6 Å². The number of hydrogen-bond acceptors (Lipinski definition) is 4. The van der Waals surface area contributed by atoms with Crippen LogP contribution in [-0.4, -0.2) is 18.0 Å². The summed E-state index contributed by atoms with van der Waals surface area (Å²) in [5.74, 6) is 0.436. The molecular formula is C14H14ClN3O2. The number of benzene rings is 1. The topological polar surface area (TPSA) is 77.2 Å². The molecule has 0 atom stereocenters. The number of methoxy groups -OCH3 is 1. The molecule has 0 aliphatic carbocycles. The number of nitrogens with one attached hydrogen (secondary N) is 1. The average Bonchev–Trinajstić information content (AvgIpc) is 2.41. The van der Waals surface area contributed by atoms with E-state index in [-0.39, 0.29) is 22.3 Å². The second kappa shape index (κ2) is 5.79. The second-order valence-electron chi connectivity index (χ2n) is 4.25. The Morgan fingerprint density at radius 2 is 2.15 bits per heavy atom. The Kier molecular flexibility index (Phi) is 4.10. The van der Waals surface area contributed by atoms with Gasteiger partial charge in [-0.3, -0.25) is 4.79 Å². The summed E-state index contributed by atoms with van der Waals surface area (Å²) in [5, 5.41) is 2.99. The molecule has 1 aromatic heterocycles. The van der Waals surface area contributed by atoms with Gasteiger partial charge in [-0.15, -0.1) is 0 Å². The number of amides is 1. The van der Waals surface area contributed by atoms with Gasteiger partial charge in [0.05, 0.1) is 23.4 Å². The van der Waals surface area contributed by atoms with E-state index in [1.54, 1.807) is 6.07 Å².